The highest BCUT2D eigenvalue weighted by Crippen LogP contribution is 2.27. The van der Waals surface area contributed by atoms with Crippen LogP contribution in [0.3, 0.4) is 0 Å². The number of carbonyl (C=O) groups is 2. The molecular weight excluding hydrogens is 482 g/mol. The average molecular weight is 510 g/mol. The van der Waals surface area contributed by atoms with Gasteiger partial charge in [0.2, 0.25) is 5.88 Å². The van der Waals surface area contributed by atoms with Crippen molar-refractivity contribution in [1.82, 2.24) is 24.9 Å². The van der Waals surface area contributed by atoms with Gasteiger partial charge in [-0.15, -0.1) is 5.10 Å². The second kappa shape index (κ2) is 10.6. The van der Waals surface area contributed by atoms with Gasteiger partial charge < -0.3 is 15.8 Å². The molecule has 1 aliphatic rings. The summed E-state index contributed by atoms with van der Waals surface area (Å²) in [6.07, 6.45) is 5.86. The quantitative estimate of drug-likeness (QED) is 0.391. The summed E-state index contributed by atoms with van der Waals surface area (Å²) in [6.45, 7) is 1.84. The third-order valence-corrected chi connectivity index (χ3v) is 6.75. The van der Waals surface area contributed by atoms with E-state index in [1.54, 1.807) is 46.0 Å². The van der Waals surface area contributed by atoms with Gasteiger partial charge in [-0.2, -0.15) is 10.4 Å². The number of ether oxygens (including phenoxy) is 1. The Kier molecular flexibility index (Phi) is 6.91. The molecule has 10 heteroatoms. The van der Waals surface area contributed by atoms with Crippen molar-refractivity contribution >= 4 is 11.8 Å². The second-order valence-electron chi connectivity index (χ2n) is 9.27. The Hall–Kier alpha value is -4.91. The Morgan fingerprint density at radius 1 is 1.03 bits per heavy atom. The lowest BCUT2D eigenvalue weighted by atomic mass is 9.92. The van der Waals surface area contributed by atoms with Crippen molar-refractivity contribution in [3.8, 4) is 23.3 Å². The molecule has 1 fully saturated rings. The molecule has 38 heavy (non-hydrogen) atoms. The summed E-state index contributed by atoms with van der Waals surface area (Å²) in [6, 6.07) is 18.6. The van der Waals surface area contributed by atoms with Crippen molar-refractivity contribution in [2.24, 2.45) is 5.73 Å². The first kappa shape index (κ1) is 24.8. The van der Waals surface area contributed by atoms with Gasteiger partial charge in [-0.3, -0.25) is 9.59 Å². The zero-order valence-electron chi connectivity index (χ0n) is 20.9. The minimum absolute atomic E-state index is 0.00232. The Morgan fingerprint density at radius 3 is 2.39 bits per heavy atom. The molecule has 0 aliphatic heterocycles. The third-order valence-electron chi connectivity index (χ3n) is 6.75. The molecule has 4 aromatic rings. The summed E-state index contributed by atoms with van der Waals surface area (Å²) in [7, 11) is 0. The standard InChI is InChI=1S/C28H27N7O3/c1-18-24(16-31-35(18)22-11-7-19(15-29)8-12-22)27(37)32-20-9-13-23(14-10-20)38-28-25(26(30)36)17-34(33-28)21-5-3-2-4-6-21/h2-8,11-12,16-17,20,23H,9-10,13-14H2,1H3,(H2,30,36)(H,32,37)/t20-,23-. The summed E-state index contributed by atoms with van der Waals surface area (Å²) in [5.74, 6) is -0.552. The maximum absolute atomic E-state index is 13.0. The van der Waals surface area contributed by atoms with Crippen molar-refractivity contribution in [2.75, 3.05) is 0 Å². The minimum atomic E-state index is -0.597. The van der Waals surface area contributed by atoms with Gasteiger partial charge >= 0.3 is 0 Å². The number of para-hydroxylation sites is 1. The van der Waals surface area contributed by atoms with Gasteiger partial charge in [0.1, 0.15) is 11.7 Å². The molecule has 0 radical (unpaired) electrons. The van der Waals surface area contributed by atoms with Gasteiger partial charge in [-0.1, -0.05) is 18.2 Å². The molecule has 1 aliphatic carbocycles. The van der Waals surface area contributed by atoms with Crippen LogP contribution >= 0.6 is 0 Å². The van der Waals surface area contributed by atoms with Gasteiger partial charge in [0.05, 0.1) is 40.5 Å². The summed E-state index contributed by atoms with van der Waals surface area (Å²) in [5, 5.41) is 20.9. The predicted molar refractivity (Wildman–Crippen MR) is 139 cm³/mol. The lowest BCUT2D eigenvalue weighted by Gasteiger charge is -2.29. The maximum Gasteiger partial charge on any atom is 0.255 e. The second-order valence-corrected chi connectivity index (χ2v) is 9.27. The summed E-state index contributed by atoms with van der Waals surface area (Å²) >= 11 is 0. The van der Waals surface area contributed by atoms with E-state index in [1.807, 2.05) is 37.3 Å². The summed E-state index contributed by atoms with van der Waals surface area (Å²) in [4.78, 5) is 25.0. The number of nitrogens with two attached hydrogens (primary N) is 1. The van der Waals surface area contributed by atoms with E-state index in [4.69, 9.17) is 15.7 Å². The molecule has 2 aromatic carbocycles. The first-order valence-corrected chi connectivity index (χ1v) is 12.4. The number of hydrogen-bond donors (Lipinski definition) is 2. The molecule has 2 aromatic heterocycles. The molecule has 0 spiro atoms. The fourth-order valence-electron chi connectivity index (χ4n) is 4.64. The number of nitriles is 1. The van der Waals surface area contributed by atoms with Crippen LogP contribution in [-0.2, 0) is 0 Å². The molecule has 2 heterocycles. The van der Waals surface area contributed by atoms with E-state index >= 15 is 0 Å². The van der Waals surface area contributed by atoms with Gasteiger partial charge in [0.15, 0.2) is 0 Å². The van der Waals surface area contributed by atoms with Crippen molar-refractivity contribution in [3.05, 3.63) is 89.4 Å². The molecule has 2 amide bonds. The number of rotatable bonds is 7. The Balaban J connectivity index is 1.19. The highest BCUT2D eigenvalue weighted by Gasteiger charge is 2.27. The molecule has 1 saturated carbocycles. The highest BCUT2D eigenvalue weighted by atomic mass is 16.5. The van der Waals surface area contributed by atoms with E-state index in [1.165, 1.54) is 0 Å². The Bertz CT molecular complexity index is 1490. The number of aromatic nitrogens is 4. The van der Waals surface area contributed by atoms with Crippen LogP contribution in [0, 0.1) is 18.3 Å². The normalized spacial score (nSPS) is 16.9. The fraction of sp³-hybridized carbons (Fsp3) is 0.250. The monoisotopic (exact) mass is 509 g/mol. The highest BCUT2D eigenvalue weighted by molar-refractivity contribution is 5.95. The van der Waals surface area contributed by atoms with E-state index < -0.39 is 5.91 Å². The molecule has 0 saturated heterocycles. The minimum Gasteiger partial charge on any atom is -0.473 e. The van der Waals surface area contributed by atoms with Crippen LogP contribution in [-0.4, -0.2) is 43.5 Å². The van der Waals surface area contributed by atoms with Crippen molar-refractivity contribution < 1.29 is 14.3 Å². The Morgan fingerprint density at radius 2 is 1.74 bits per heavy atom. The molecule has 0 unspecified atom stereocenters. The molecule has 0 atom stereocenters. The number of primary amides is 1. The molecule has 192 valence electrons. The van der Waals surface area contributed by atoms with E-state index in [0.29, 0.717) is 24.0 Å². The van der Waals surface area contributed by atoms with Crippen LogP contribution in [0.5, 0.6) is 5.88 Å². The maximum atomic E-state index is 13.0. The van der Waals surface area contributed by atoms with Crippen LogP contribution in [0.25, 0.3) is 11.4 Å². The average Bonchev–Trinajstić information content (AvgIpc) is 3.54. The molecule has 5 rings (SSSR count). The summed E-state index contributed by atoms with van der Waals surface area (Å²) in [5.41, 5.74) is 9.17. The van der Waals surface area contributed by atoms with Crippen molar-refractivity contribution in [1.29, 1.82) is 5.26 Å². The fourth-order valence-corrected chi connectivity index (χ4v) is 4.64. The van der Waals surface area contributed by atoms with E-state index in [0.717, 1.165) is 29.9 Å². The first-order chi connectivity index (χ1) is 18.4. The zero-order chi connectivity index (χ0) is 26.6. The van der Waals surface area contributed by atoms with Crippen molar-refractivity contribution in [2.45, 2.75) is 44.8 Å². The molecule has 10 nitrogen and oxygen atoms in total. The van der Waals surface area contributed by atoms with Gasteiger partial charge in [-0.05, 0) is 69.0 Å². The largest absolute Gasteiger partial charge is 0.473 e. The van der Waals surface area contributed by atoms with Crippen LogP contribution in [0.4, 0.5) is 0 Å². The smallest absolute Gasteiger partial charge is 0.255 e. The number of benzene rings is 2. The zero-order valence-corrected chi connectivity index (χ0v) is 20.9. The van der Waals surface area contributed by atoms with Gasteiger partial charge in [-0.25, -0.2) is 9.36 Å². The topological polar surface area (TPSA) is 141 Å². The van der Waals surface area contributed by atoms with Crippen molar-refractivity contribution in [3.63, 3.8) is 0 Å². The van der Waals surface area contributed by atoms with E-state index in [-0.39, 0.29) is 29.5 Å². The summed E-state index contributed by atoms with van der Waals surface area (Å²) < 4.78 is 9.37. The van der Waals surface area contributed by atoms with Crippen LogP contribution in [0.15, 0.2) is 67.0 Å². The third kappa shape index (κ3) is 5.13. The van der Waals surface area contributed by atoms with Crippen LogP contribution in [0.1, 0.15) is 57.7 Å². The number of amides is 2. The Labute approximate surface area is 219 Å². The number of carbonyl (C=O) groups excluding carboxylic acids is 2. The SMILES string of the molecule is Cc1c(C(=O)N[C@H]2CC[C@H](Oc3nn(-c4ccccc4)cc3C(N)=O)CC2)cnn1-c1ccc(C#N)cc1. The van der Waals surface area contributed by atoms with E-state index in [9.17, 15) is 9.59 Å². The van der Waals surface area contributed by atoms with E-state index in [2.05, 4.69) is 21.6 Å². The number of nitrogens with zero attached hydrogens (tertiary/aromatic N) is 5. The predicted octanol–water partition coefficient (Wildman–Crippen LogP) is 3.46. The lowest BCUT2D eigenvalue weighted by Crippen LogP contribution is -2.40. The van der Waals surface area contributed by atoms with Crippen LogP contribution < -0.4 is 15.8 Å². The lowest BCUT2D eigenvalue weighted by molar-refractivity contribution is 0.0881. The van der Waals surface area contributed by atoms with Crippen LogP contribution in [0.2, 0.25) is 0 Å². The van der Waals surface area contributed by atoms with Gasteiger partial charge in [0.25, 0.3) is 11.8 Å². The number of nitrogens with one attached hydrogen (secondary N) is 1. The molecular formula is C28H27N7O3. The van der Waals surface area contributed by atoms with Gasteiger partial charge in [0, 0.05) is 12.2 Å². The first-order valence-electron chi connectivity index (χ1n) is 12.4. The molecule has 3 N–H and O–H groups in total. The molecule has 0 bridgehead atoms. The number of hydrogen-bond acceptors (Lipinski definition) is 6.